The van der Waals surface area contributed by atoms with Gasteiger partial charge in [0.1, 0.15) is 34.5 Å². The maximum Gasteiger partial charge on any atom is 0.248 e. The monoisotopic (exact) mass is 710 g/mol. The van der Waals surface area contributed by atoms with Gasteiger partial charge in [0.25, 0.3) is 0 Å². The van der Waals surface area contributed by atoms with Crippen LogP contribution in [0.5, 0.6) is 0 Å². The van der Waals surface area contributed by atoms with Crippen LogP contribution < -0.4 is 5.32 Å². The molecule has 2 aliphatic carbocycles. The number of pyridine rings is 1. The molecule has 1 N–H and O–H groups in total. The van der Waals surface area contributed by atoms with Crippen LogP contribution in [0.15, 0.2) is 47.3 Å². The minimum absolute atomic E-state index is 0.0139. The van der Waals surface area contributed by atoms with Crippen LogP contribution in [0.3, 0.4) is 0 Å². The number of carbonyl (C=O) groups is 3. The lowest BCUT2D eigenvalue weighted by Gasteiger charge is -2.27. The number of fused-ring (bicyclic) bond motifs is 3. The van der Waals surface area contributed by atoms with Crippen molar-refractivity contribution in [3.63, 3.8) is 0 Å². The Kier molecular flexibility index (Phi) is 7.71. The van der Waals surface area contributed by atoms with E-state index in [1.54, 1.807) is 17.1 Å². The van der Waals surface area contributed by atoms with Gasteiger partial charge in [0, 0.05) is 61.4 Å². The number of aromatic nitrogens is 5. The summed E-state index contributed by atoms with van der Waals surface area (Å²) in [6, 6.07) is 8.83. The Morgan fingerprint density at radius 2 is 1.75 bits per heavy atom. The van der Waals surface area contributed by atoms with Gasteiger partial charge in [0.05, 0.1) is 5.52 Å². The molecule has 48 heavy (non-hydrogen) atoms. The average molecular weight is 712 g/mol. The molecule has 2 aliphatic heterocycles. The highest BCUT2D eigenvalue weighted by molar-refractivity contribution is 9.10. The van der Waals surface area contributed by atoms with Crippen molar-refractivity contribution in [1.82, 2.24) is 34.5 Å². The van der Waals surface area contributed by atoms with Crippen molar-refractivity contribution in [3.8, 4) is 11.1 Å². The number of likely N-dealkylation sites (tertiary alicyclic amines) is 2. The van der Waals surface area contributed by atoms with Crippen molar-refractivity contribution in [1.29, 1.82) is 0 Å². The number of halogens is 1. The molecule has 0 bridgehead atoms. The zero-order chi connectivity index (χ0) is 33.3. The Labute approximate surface area is 287 Å². The van der Waals surface area contributed by atoms with E-state index in [-0.39, 0.29) is 35.6 Å². The lowest BCUT2D eigenvalue weighted by atomic mass is 9.98. The van der Waals surface area contributed by atoms with Crippen LogP contribution >= 0.6 is 15.9 Å². The number of amides is 2. The van der Waals surface area contributed by atoms with Crippen LogP contribution in [0, 0.1) is 31.1 Å². The van der Waals surface area contributed by atoms with Crippen molar-refractivity contribution in [3.05, 3.63) is 64.4 Å². The lowest BCUT2D eigenvalue weighted by molar-refractivity contribution is -0.138. The number of Topliss-reactive ketones (excluding diaryl/α,β-unsaturated/α-hetero) is 1. The van der Waals surface area contributed by atoms with Gasteiger partial charge in [-0.25, -0.2) is 15.0 Å². The largest absolute Gasteiger partial charge is 0.325 e. The lowest BCUT2D eigenvalue weighted by Crippen LogP contribution is -2.47. The van der Waals surface area contributed by atoms with E-state index >= 15 is 0 Å². The Morgan fingerprint density at radius 1 is 1.00 bits per heavy atom. The summed E-state index contributed by atoms with van der Waals surface area (Å²) < 4.78 is 2.24. The zero-order valence-corrected chi connectivity index (χ0v) is 29.0. The van der Waals surface area contributed by atoms with Gasteiger partial charge >= 0.3 is 0 Å². The van der Waals surface area contributed by atoms with Crippen molar-refractivity contribution >= 4 is 50.2 Å². The molecule has 4 aromatic rings. The van der Waals surface area contributed by atoms with Crippen LogP contribution in [-0.2, 0) is 16.1 Å². The van der Waals surface area contributed by atoms with Crippen LogP contribution in [0.25, 0.3) is 22.0 Å². The highest BCUT2D eigenvalue weighted by atomic mass is 79.9. The molecule has 2 saturated carbocycles. The third-order valence-electron chi connectivity index (χ3n) is 11.1. The van der Waals surface area contributed by atoms with Crippen molar-refractivity contribution in [2.75, 3.05) is 25.0 Å². The number of nitrogens with zero attached hydrogens (tertiary/aromatic N) is 7. The molecule has 248 valence electrons. The van der Waals surface area contributed by atoms with Gasteiger partial charge in [0.2, 0.25) is 11.8 Å². The second-order valence-corrected chi connectivity index (χ2v) is 15.2. The standard InChI is InChI=1S/C36H39BrN8O3/c1-20-7-10-31(37)40-34(20)41-35(48)29-12-36(19-43-16-24-5-4-6-25(24)17-43)13-30(36)45(29)32(47)18-44-28-9-8-23(26-14-38-22(3)39-15-26)11-27(28)33(42-44)21(2)46/h7-11,14-15,24-25,29-30H,4-6,12-13,16-19H2,1-3H3,(H,40,41,48)/t24?,25?,29-,30?,36?/m0/s1. The van der Waals surface area contributed by atoms with E-state index in [9.17, 15) is 14.4 Å². The fourth-order valence-corrected chi connectivity index (χ4v) is 8.98. The van der Waals surface area contributed by atoms with Gasteiger partial charge in [0.15, 0.2) is 5.78 Å². The third kappa shape index (κ3) is 5.52. The molecule has 5 heterocycles. The number of rotatable bonds is 8. The first kappa shape index (κ1) is 31.3. The summed E-state index contributed by atoms with van der Waals surface area (Å²) in [4.78, 5) is 58.6. The molecule has 2 amide bonds. The van der Waals surface area contributed by atoms with E-state index < -0.39 is 6.04 Å². The van der Waals surface area contributed by atoms with Gasteiger partial charge < -0.3 is 15.1 Å². The summed E-state index contributed by atoms with van der Waals surface area (Å²) in [5.74, 6) is 2.15. The first-order valence-electron chi connectivity index (χ1n) is 16.9. The van der Waals surface area contributed by atoms with Crippen LogP contribution in [0.1, 0.15) is 60.9 Å². The molecular weight excluding hydrogens is 672 g/mol. The molecule has 8 rings (SSSR count). The SMILES string of the molecule is CC(=O)c1nn(CC(=O)N2C3CC3(CN3CC4CCCC4C3)C[C@H]2C(=O)Nc2nc(Br)ccc2C)c2ccc(-c3cnc(C)nc3)cc12. The minimum atomic E-state index is -0.624. The van der Waals surface area contributed by atoms with E-state index in [0.29, 0.717) is 39.3 Å². The molecule has 0 radical (unpaired) electrons. The number of hydrogen-bond acceptors (Lipinski definition) is 8. The molecule has 12 heteroatoms. The number of aryl methyl sites for hydroxylation is 2. The van der Waals surface area contributed by atoms with E-state index in [1.165, 1.54) is 26.2 Å². The number of anilines is 1. The molecule has 4 unspecified atom stereocenters. The zero-order valence-electron chi connectivity index (χ0n) is 27.4. The topological polar surface area (TPSA) is 126 Å². The van der Waals surface area contributed by atoms with Crippen LogP contribution in [0.4, 0.5) is 5.82 Å². The molecule has 4 aliphatic rings. The predicted octanol–water partition coefficient (Wildman–Crippen LogP) is 5.20. The van der Waals surface area contributed by atoms with Crippen LogP contribution in [-0.4, -0.2) is 83.8 Å². The summed E-state index contributed by atoms with van der Waals surface area (Å²) in [6.45, 7) is 8.30. The number of carbonyl (C=O) groups excluding carboxylic acids is 3. The molecule has 5 atom stereocenters. The number of hydrogen-bond donors (Lipinski definition) is 1. The first-order valence-corrected chi connectivity index (χ1v) is 17.7. The van der Waals surface area contributed by atoms with E-state index in [1.807, 2.05) is 49.1 Å². The Morgan fingerprint density at radius 3 is 2.48 bits per heavy atom. The smallest absolute Gasteiger partial charge is 0.248 e. The summed E-state index contributed by atoms with van der Waals surface area (Å²) in [6.07, 6.45) is 8.98. The van der Waals surface area contributed by atoms with E-state index in [2.05, 4.69) is 46.2 Å². The summed E-state index contributed by atoms with van der Waals surface area (Å²) in [5.41, 5.74) is 3.43. The maximum atomic E-state index is 14.4. The minimum Gasteiger partial charge on any atom is -0.325 e. The number of benzene rings is 1. The third-order valence-corrected chi connectivity index (χ3v) is 11.6. The number of nitrogens with one attached hydrogen (secondary N) is 1. The molecular formula is C36H39BrN8O3. The first-order chi connectivity index (χ1) is 23.1. The normalized spacial score (nSPS) is 26.1. The second-order valence-electron chi connectivity index (χ2n) is 14.4. The Balaban J connectivity index is 1.08. The van der Waals surface area contributed by atoms with Gasteiger partial charge in [-0.05, 0) is 96.6 Å². The summed E-state index contributed by atoms with van der Waals surface area (Å²) in [7, 11) is 0. The number of piperidine rings is 1. The van der Waals surface area contributed by atoms with Crippen molar-refractivity contribution in [2.45, 2.75) is 71.5 Å². The van der Waals surface area contributed by atoms with Gasteiger partial charge in [-0.2, -0.15) is 5.10 Å². The summed E-state index contributed by atoms with van der Waals surface area (Å²) >= 11 is 3.42. The Bertz CT molecular complexity index is 1950. The summed E-state index contributed by atoms with van der Waals surface area (Å²) in [5, 5.41) is 8.35. The van der Waals surface area contributed by atoms with E-state index in [4.69, 9.17) is 0 Å². The van der Waals surface area contributed by atoms with Crippen molar-refractivity contribution < 1.29 is 14.4 Å². The highest BCUT2D eigenvalue weighted by Gasteiger charge is 2.67. The fraction of sp³-hybridized carbons (Fsp3) is 0.472. The predicted molar refractivity (Wildman–Crippen MR) is 184 cm³/mol. The fourth-order valence-electron chi connectivity index (χ4n) is 8.67. The number of ketones is 1. The van der Waals surface area contributed by atoms with Gasteiger partial charge in [-0.3, -0.25) is 19.1 Å². The molecule has 1 aromatic carbocycles. The van der Waals surface area contributed by atoms with Crippen molar-refractivity contribution in [2.24, 2.45) is 17.3 Å². The molecule has 11 nitrogen and oxygen atoms in total. The van der Waals surface area contributed by atoms with E-state index in [0.717, 1.165) is 54.6 Å². The van der Waals surface area contributed by atoms with Gasteiger partial charge in [-0.15, -0.1) is 0 Å². The Hall–Kier alpha value is -4.03. The average Bonchev–Trinajstić information content (AvgIpc) is 3.46. The molecule has 3 aromatic heterocycles. The molecule has 4 fully saturated rings. The highest BCUT2D eigenvalue weighted by Crippen LogP contribution is 2.60. The van der Waals surface area contributed by atoms with Crippen LogP contribution in [0.2, 0.25) is 0 Å². The molecule has 0 spiro atoms. The molecule has 2 saturated heterocycles. The second kappa shape index (κ2) is 11.8. The maximum absolute atomic E-state index is 14.4. The quantitative estimate of drug-likeness (QED) is 0.195. The van der Waals surface area contributed by atoms with Gasteiger partial charge in [-0.1, -0.05) is 18.6 Å².